The van der Waals surface area contributed by atoms with Gasteiger partial charge in [0.25, 0.3) is 0 Å². The molecule has 2 aromatic rings. The molecule has 25 heavy (non-hydrogen) atoms. The van der Waals surface area contributed by atoms with Gasteiger partial charge in [0, 0.05) is 17.6 Å². The number of rotatable bonds is 6. The summed E-state index contributed by atoms with van der Waals surface area (Å²) in [6, 6.07) is 9.17. The van der Waals surface area contributed by atoms with Crippen LogP contribution in [0, 0.1) is 12.8 Å². The normalized spacial score (nSPS) is 12.0. The minimum Gasteiger partial charge on any atom is -0.453 e. The van der Waals surface area contributed by atoms with Gasteiger partial charge in [-0.15, -0.1) is 0 Å². The molecule has 0 fully saturated rings. The molecular formula is C19H25N3O3. The minimum absolute atomic E-state index is 0.224. The van der Waals surface area contributed by atoms with Gasteiger partial charge in [0.05, 0.1) is 12.6 Å². The fraction of sp³-hybridized carbons (Fsp3) is 0.421. The van der Waals surface area contributed by atoms with Crippen LogP contribution < -0.4 is 10.6 Å². The van der Waals surface area contributed by atoms with E-state index in [0.29, 0.717) is 13.0 Å². The summed E-state index contributed by atoms with van der Waals surface area (Å²) in [4.78, 5) is 28.5. The second kappa shape index (κ2) is 8.46. The lowest BCUT2D eigenvalue weighted by Crippen LogP contribution is -2.47. The Morgan fingerprint density at radius 2 is 1.96 bits per heavy atom. The monoisotopic (exact) mass is 343 g/mol. The fourth-order valence-electron chi connectivity index (χ4n) is 2.75. The lowest BCUT2D eigenvalue weighted by atomic mass is 10.0. The number of nitrogens with one attached hydrogen (secondary N) is 2. The number of amides is 2. The van der Waals surface area contributed by atoms with Gasteiger partial charge in [-0.25, -0.2) is 4.79 Å². The van der Waals surface area contributed by atoms with Crippen LogP contribution in [0.15, 0.2) is 30.3 Å². The summed E-state index contributed by atoms with van der Waals surface area (Å²) in [5.41, 5.74) is 2.80. The van der Waals surface area contributed by atoms with Gasteiger partial charge in [0.15, 0.2) is 0 Å². The van der Waals surface area contributed by atoms with Gasteiger partial charge in [-0.05, 0) is 37.0 Å². The number of fused-ring (bicyclic) bond motifs is 1. The van der Waals surface area contributed by atoms with Gasteiger partial charge < -0.3 is 15.4 Å². The first-order valence-electron chi connectivity index (χ1n) is 8.38. The van der Waals surface area contributed by atoms with Crippen LogP contribution in [-0.4, -0.2) is 30.1 Å². The van der Waals surface area contributed by atoms with E-state index in [1.54, 1.807) is 0 Å². The molecule has 6 heteroatoms. The van der Waals surface area contributed by atoms with Crippen molar-refractivity contribution in [1.29, 1.82) is 0 Å². The molecule has 2 rings (SSSR count). The predicted octanol–water partition coefficient (Wildman–Crippen LogP) is 2.93. The topological polar surface area (TPSA) is 80.3 Å². The van der Waals surface area contributed by atoms with E-state index in [2.05, 4.69) is 20.4 Å². The second-order valence-corrected chi connectivity index (χ2v) is 6.48. The number of carbonyl (C=O) groups excluding carboxylic acids is 2. The minimum atomic E-state index is -0.623. The molecule has 0 spiro atoms. The quantitative estimate of drug-likeness (QED) is 0.845. The van der Waals surface area contributed by atoms with Crippen molar-refractivity contribution in [2.75, 3.05) is 7.11 Å². The first-order chi connectivity index (χ1) is 11.9. The van der Waals surface area contributed by atoms with Crippen molar-refractivity contribution in [3.8, 4) is 0 Å². The van der Waals surface area contributed by atoms with E-state index < -0.39 is 12.1 Å². The van der Waals surface area contributed by atoms with Crippen LogP contribution in [0.1, 0.15) is 31.5 Å². The highest BCUT2D eigenvalue weighted by Crippen LogP contribution is 2.18. The average molecular weight is 343 g/mol. The Labute approximate surface area is 148 Å². The van der Waals surface area contributed by atoms with Crippen LogP contribution in [0.2, 0.25) is 0 Å². The molecule has 0 aliphatic heterocycles. The molecule has 0 aliphatic carbocycles. The van der Waals surface area contributed by atoms with Crippen LogP contribution >= 0.6 is 0 Å². The molecule has 0 bridgehead atoms. The SMILES string of the molecule is COC(=O)N[C@@H](CC(C)C)C(=O)NCc1cc(C)nc2ccccc12. The Bertz CT molecular complexity index is 759. The van der Waals surface area contributed by atoms with E-state index in [4.69, 9.17) is 0 Å². The first kappa shape index (κ1) is 18.7. The van der Waals surface area contributed by atoms with E-state index in [-0.39, 0.29) is 11.8 Å². The van der Waals surface area contributed by atoms with E-state index in [9.17, 15) is 9.59 Å². The number of ether oxygens (including phenoxy) is 1. The number of benzene rings is 1. The maximum Gasteiger partial charge on any atom is 0.407 e. The van der Waals surface area contributed by atoms with Crippen molar-refractivity contribution in [1.82, 2.24) is 15.6 Å². The zero-order chi connectivity index (χ0) is 18.4. The number of para-hydroxylation sites is 1. The molecule has 1 atom stereocenters. The number of methoxy groups -OCH3 is 1. The highest BCUT2D eigenvalue weighted by molar-refractivity contribution is 5.87. The number of alkyl carbamates (subject to hydrolysis) is 1. The summed E-state index contributed by atoms with van der Waals surface area (Å²) < 4.78 is 4.61. The highest BCUT2D eigenvalue weighted by Gasteiger charge is 2.22. The molecule has 134 valence electrons. The standard InChI is InChI=1S/C19H25N3O3/c1-12(2)9-17(22-19(24)25-4)18(23)20-11-14-10-13(3)21-16-8-6-5-7-15(14)16/h5-8,10,12,17H,9,11H2,1-4H3,(H,20,23)(H,22,24)/t17-/m0/s1. The zero-order valence-corrected chi connectivity index (χ0v) is 15.1. The molecule has 1 aromatic heterocycles. The molecule has 1 heterocycles. The van der Waals surface area contributed by atoms with Crippen LogP contribution in [-0.2, 0) is 16.1 Å². The highest BCUT2D eigenvalue weighted by atomic mass is 16.5. The third kappa shape index (κ3) is 5.17. The van der Waals surface area contributed by atoms with Gasteiger partial charge >= 0.3 is 6.09 Å². The molecular weight excluding hydrogens is 318 g/mol. The fourth-order valence-corrected chi connectivity index (χ4v) is 2.75. The van der Waals surface area contributed by atoms with E-state index in [0.717, 1.165) is 22.2 Å². The van der Waals surface area contributed by atoms with Crippen molar-refractivity contribution in [3.63, 3.8) is 0 Å². The lowest BCUT2D eigenvalue weighted by molar-refractivity contribution is -0.123. The van der Waals surface area contributed by atoms with Crippen LogP contribution in [0.25, 0.3) is 10.9 Å². The van der Waals surface area contributed by atoms with Crippen molar-refractivity contribution < 1.29 is 14.3 Å². The van der Waals surface area contributed by atoms with Gasteiger partial charge in [-0.2, -0.15) is 0 Å². The van der Waals surface area contributed by atoms with Gasteiger partial charge in [-0.3, -0.25) is 9.78 Å². The molecule has 0 saturated heterocycles. The zero-order valence-electron chi connectivity index (χ0n) is 15.1. The number of pyridine rings is 1. The summed E-state index contributed by atoms with van der Waals surface area (Å²) in [5.74, 6) is 0.0366. The van der Waals surface area contributed by atoms with Crippen molar-refractivity contribution in [3.05, 3.63) is 41.6 Å². The molecule has 0 radical (unpaired) electrons. The Balaban J connectivity index is 2.13. The summed E-state index contributed by atoms with van der Waals surface area (Å²) in [6.45, 7) is 6.30. The van der Waals surface area contributed by atoms with Crippen LogP contribution in [0.5, 0.6) is 0 Å². The third-order valence-electron chi connectivity index (χ3n) is 3.88. The average Bonchev–Trinajstić information content (AvgIpc) is 2.58. The molecule has 2 amide bonds. The van der Waals surface area contributed by atoms with Crippen LogP contribution in [0.4, 0.5) is 4.79 Å². The summed E-state index contributed by atoms with van der Waals surface area (Å²) in [6.07, 6.45) is -0.0668. The number of aromatic nitrogens is 1. The number of hydrogen-bond acceptors (Lipinski definition) is 4. The Morgan fingerprint density at radius 1 is 1.24 bits per heavy atom. The predicted molar refractivity (Wildman–Crippen MR) is 97.1 cm³/mol. The van der Waals surface area contributed by atoms with Crippen molar-refractivity contribution in [2.45, 2.75) is 39.8 Å². The Morgan fingerprint density at radius 3 is 2.64 bits per heavy atom. The Hall–Kier alpha value is -2.63. The van der Waals surface area contributed by atoms with Gasteiger partial charge in [0.2, 0.25) is 5.91 Å². The van der Waals surface area contributed by atoms with Crippen molar-refractivity contribution in [2.24, 2.45) is 5.92 Å². The number of carbonyl (C=O) groups is 2. The van der Waals surface area contributed by atoms with Crippen LogP contribution in [0.3, 0.4) is 0 Å². The largest absolute Gasteiger partial charge is 0.453 e. The molecule has 6 nitrogen and oxygen atoms in total. The number of hydrogen-bond donors (Lipinski definition) is 2. The lowest BCUT2D eigenvalue weighted by Gasteiger charge is -2.19. The summed E-state index contributed by atoms with van der Waals surface area (Å²) in [7, 11) is 1.28. The molecule has 0 aliphatic rings. The van der Waals surface area contributed by atoms with E-state index in [1.165, 1.54) is 7.11 Å². The number of aryl methyl sites for hydroxylation is 1. The van der Waals surface area contributed by atoms with E-state index >= 15 is 0 Å². The van der Waals surface area contributed by atoms with E-state index in [1.807, 2.05) is 51.1 Å². The van der Waals surface area contributed by atoms with Gasteiger partial charge in [-0.1, -0.05) is 32.0 Å². The maximum absolute atomic E-state index is 12.5. The molecule has 0 unspecified atom stereocenters. The maximum atomic E-state index is 12.5. The summed E-state index contributed by atoms with van der Waals surface area (Å²) in [5, 5.41) is 6.52. The third-order valence-corrected chi connectivity index (χ3v) is 3.88. The summed E-state index contributed by atoms with van der Waals surface area (Å²) >= 11 is 0. The van der Waals surface area contributed by atoms with Gasteiger partial charge in [0.1, 0.15) is 6.04 Å². The smallest absolute Gasteiger partial charge is 0.407 e. The first-order valence-corrected chi connectivity index (χ1v) is 8.38. The second-order valence-electron chi connectivity index (χ2n) is 6.48. The Kier molecular flexibility index (Phi) is 6.33. The molecule has 2 N–H and O–H groups in total. The number of nitrogens with zero attached hydrogens (tertiary/aromatic N) is 1. The van der Waals surface area contributed by atoms with Crippen molar-refractivity contribution >= 4 is 22.9 Å². The molecule has 1 aromatic carbocycles. The molecule has 0 saturated carbocycles.